The first-order valence-electron chi connectivity index (χ1n) is 8.26. The van der Waals surface area contributed by atoms with Gasteiger partial charge in [-0.3, -0.25) is 0 Å². The predicted octanol–water partition coefficient (Wildman–Crippen LogP) is 3.00. The summed E-state index contributed by atoms with van der Waals surface area (Å²) in [6.45, 7) is 3.39. The third-order valence-electron chi connectivity index (χ3n) is 4.11. The topological polar surface area (TPSA) is 80.5 Å². The van der Waals surface area contributed by atoms with E-state index in [4.69, 9.17) is 9.26 Å². The molecule has 1 aliphatic heterocycles. The summed E-state index contributed by atoms with van der Waals surface area (Å²) in [6.07, 6.45) is 2.66. The van der Waals surface area contributed by atoms with Crippen LogP contribution >= 0.6 is 0 Å². The van der Waals surface area contributed by atoms with Crippen molar-refractivity contribution in [1.82, 2.24) is 20.4 Å². The van der Waals surface area contributed by atoms with Crippen LogP contribution in [0.3, 0.4) is 0 Å². The fourth-order valence-corrected chi connectivity index (χ4v) is 2.91. The Kier molecular flexibility index (Phi) is 4.98. The van der Waals surface area contributed by atoms with Crippen molar-refractivity contribution in [2.45, 2.75) is 32.2 Å². The molecule has 1 saturated heterocycles. The molecule has 1 N–H and O–H groups in total. The molecular formula is C17H22N4O3. The van der Waals surface area contributed by atoms with Crippen molar-refractivity contribution in [3.63, 3.8) is 0 Å². The summed E-state index contributed by atoms with van der Waals surface area (Å²) in [7, 11) is 1.61. The summed E-state index contributed by atoms with van der Waals surface area (Å²) in [6, 6.07) is 7.28. The number of carbonyl (C=O) groups excluding carboxylic acids is 1. The molecule has 0 spiro atoms. The smallest absolute Gasteiger partial charge is 0.318 e. The highest BCUT2D eigenvalue weighted by molar-refractivity contribution is 5.75. The van der Waals surface area contributed by atoms with Crippen molar-refractivity contribution in [3.8, 4) is 17.1 Å². The Balaban J connectivity index is 1.81. The molecule has 7 nitrogen and oxygen atoms in total. The lowest BCUT2D eigenvalue weighted by molar-refractivity contribution is 0.180. The number of methoxy groups -OCH3 is 1. The fourth-order valence-electron chi connectivity index (χ4n) is 2.91. The lowest BCUT2D eigenvalue weighted by Crippen LogP contribution is -2.39. The van der Waals surface area contributed by atoms with Crippen LogP contribution in [0.15, 0.2) is 28.8 Å². The van der Waals surface area contributed by atoms with Crippen molar-refractivity contribution in [2.24, 2.45) is 0 Å². The minimum atomic E-state index is -0.169. The van der Waals surface area contributed by atoms with Gasteiger partial charge in [-0.2, -0.15) is 4.98 Å². The molecule has 0 aliphatic carbocycles. The lowest BCUT2D eigenvalue weighted by atomic mass is 10.2. The molecule has 2 amide bonds. The molecule has 1 aromatic heterocycles. The second kappa shape index (κ2) is 7.33. The molecule has 24 heavy (non-hydrogen) atoms. The maximum atomic E-state index is 12.3. The van der Waals surface area contributed by atoms with Crippen LogP contribution in [0.5, 0.6) is 5.75 Å². The molecule has 2 heterocycles. The number of rotatable bonds is 5. The maximum Gasteiger partial charge on any atom is 0.318 e. The number of carbonyl (C=O) groups is 1. The molecule has 128 valence electrons. The number of para-hydroxylation sites is 1. The molecule has 7 heteroatoms. The third-order valence-corrected chi connectivity index (χ3v) is 4.11. The Morgan fingerprint density at radius 2 is 2.29 bits per heavy atom. The average Bonchev–Trinajstić information content (AvgIpc) is 3.28. The van der Waals surface area contributed by atoms with E-state index >= 15 is 0 Å². The number of nitrogens with one attached hydrogen (secondary N) is 1. The summed E-state index contributed by atoms with van der Waals surface area (Å²) >= 11 is 0. The highest BCUT2D eigenvalue weighted by Gasteiger charge is 2.34. The number of amides is 2. The number of aromatic nitrogens is 2. The molecule has 1 fully saturated rings. The maximum absolute atomic E-state index is 12.3. The van der Waals surface area contributed by atoms with Crippen molar-refractivity contribution >= 4 is 6.03 Å². The lowest BCUT2D eigenvalue weighted by Gasteiger charge is -2.22. The van der Waals surface area contributed by atoms with Crippen molar-refractivity contribution in [2.75, 3.05) is 20.2 Å². The summed E-state index contributed by atoms with van der Waals surface area (Å²) in [4.78, 5) is 18.5. The van der Waals surface area contributed by atoms with Gasteiger partial charge in [0.15, 0.2) is 0 Å². The van der Waals surface area contributed by atoms with Gasteiger partial charge in [-0.15, -0.1) is 0 Å². The second-order valence-electron chi connectivity index (χ2n) is 5.74. The molecule has 1 atom stereocenters. The van der Waals surface area contributed by atoms with Gasteiger partial charge in [0.2, 0.25) is 11.7 Å². The van der Waals surface area contributed by atoms with Crippen LogP contribution in [0.1, 0.15) is 38.1 Å². The monoisotopic (exact) mass is 330 g/mol. The largest absolute Gasteiger partial charge is 0.496 e. The van der Waals surface area contributed by atoms with E-state index in [0.717, 1.165) is 24.8 Å². The highest BCUT2D eigenvalue weighted by Crippen LogP contribution is 2.33. The minimum Gasteiger partial charge on any atom is -0.496 e. The molecule has 1 aromatic carbocycles. The van der Waals surface area contributed by atoms with E-state index in [1.54, 1.807) is 12.0 Å². The number of nitrogens with zero attached hydrogens (tertiary/aromatic N) is 3. The first-order chi connectivity index (χ1) is 11.7. The molecule has 0 bridgehead atoms. The zero-order valence-electron chi connectivity index (χ0n) is 14.0. The number of urea groups is 1. The summed E-state index contributed by atoms with van der Waals surface area (Å²) in [5, 5.41) is 6.98. The van der Waals surface area contributed by atoms with E-state index in [-0.39, 0.29) is 12.1 Å². The van der Waals surface area contributed by atoms with Gasteiger partial charge in [0.05, 0.1) is 12.7 Å². The Morgan fingerprint density at radius 3 is 3.08 bits per heavy atom. The van der Waals surface area contributed by atoms with Gasteiger partial charge in [0.1, 0.15) is 11.8 Å². The zero-order valence-corrected chi connectivity index (χ0v) is 14.0. The van der Waals surface area contributed by atoms with Crippen LogP contribution in [0.25, 0.3) is 11.4 Å². The first-order valence-corrected chi connectivity index (χ1v) is 8.26. The van der Waals surface area contributed by atoms with Gasteiger partial charge < -0.3 is 19.5 Å². The van der Waals surface area contributed by atoms with E-state index < -0.39 is 0 Å². The highest BCUT2D eigenvalue weighted by atomic mass is 16.5. The normalized spacial score (nSPS) is 17.1. The fraction of sp³-hybridized carbons (Fsp3) is 0.471. The van der Waals surface area contributed by atoms with Gasteiger partial charge in [0, 0.05) is 13.1 Å². The third kappa shape index (κ3) is 3.20. The zero-order chi connectivity index (χ0) is 16.9. The van der Waals surface area contributed by atoms with Crippen LogP contribution in [-0.2, 0) is 0 Å². The molecular weight excluding hydrogens is 308 g/mol. The SMILES string of the molecule is CCCNC(=O)N1CCC[C@H]1c1nc(-c2ccccc2OC)no1. The van der Waals surface area contributed by atoms with Gasteiger partial charge in [-0.1, -0.05) is 24.2 Å². The Labute approximate surface area is 141 Å². The van der Waals surface area contributed by atoms with Crippen LogP contribution in [-0.4, -0.2) is 41.3 Å². The van der Waals surface area contributed by atoms with Crippen molar-refractivity contribution in [1.29, 1.82) is 0 Å². The number of benzene rings is 1. The Hall–Kier alpha value is -2.57. The van der Waals surface area contributed by atoms with Crippen molar-refractivity contribution in [3.05, 3.63) is 30.2 Å². The first kappa shape index (κ1) is 16.3. The number of hydrogen-bond acceptors (Lipinski definition) is 5. The van der Waals surface area contributed by atoms with Gasteiger partial charge in [-0.05, 0) is 31.4 Å². The van der Waals surface area contributed by atoms with Crippen LogP contribution in [0.2, 0.25) is 0 Å². The molecule has 0 unspecified atom stereocenters. The predicted molar refractivity (Wildman–Crippen MR) is 88.7 cm³/mol. The van der Waals surface area contributed by atoms with E-state index in [1.165, 1.54) is 0 Å². The number of likely N-dealkylation sites (tertiary alicyclic amines) is 1. The second-order valence-corrected chi connectivity index (χ2v) is 5.74. The number of hydrogen-bond donors (Lipinski definition) is 1. The van der Waals surface area contributed by atoms with E-state index in [9.17, 15) is 4.79 Å². The van der Waals surface area contributed by atoms with Crippen molar-refractivity contribution < 1.29 is 14.1 Å². The van der Waals surface area contributed by atoms with E-state index in [0.29, 0.717) is 30.6 Å². The van der Waals surface area contributed by atoms with Gasteiger partial charge in [0.25, 0.3) is 0 Å². The molecule has 0 radical (unpaired) electrons. The van der Waals surface area contributed by atoms with Crippen LogP contribution in [0, 0.1) is 0 Å². The summed E-state index contributed by atoms with van der Waals surface area (Å²) in [5.41, 5.74) is 0.773. The Morgan fingerprint density at radius 1 is 1.46 bits per heavy atom. The summed E-state index contributed by atoms with van der Waals surface area (Å²) < 4.78 is 10.8. The van der Waals surface area contributed by atoms with Gasteiger partial charge in [-0.25, -0.2) is 4.79 Å². The van der Waals surface area contributed by atoms with E-state index in [1.807, 2.05) is 31.2 Å². The summed E-state index contributed by atoms with van der Waals surface area (Å²) in [5.74, 6) is 1.64. The molecule has 2 aromatic rings. The minimum absolute atomic E-state index is 0.0728. The molecule has 0 saturated carbocycles. The Bertz CT molecular complexity index is 701. The quantitative estimate of drug-likeness (QED) is 0.911. The average molecular weight is 330 g/mol. The van der Waals surface area contributed by atoms with E-state index in [2.05, 4.69) is 15.5 Å². The standard InChI is InChI=1S/C17H22N4O3/c1-3-10-18-17(22)21-11-6-8-13(21)16-19-15(20-24-16)12-7-4-5-9-14(12)23-2/h4-5,7,9,13H,3,6,8,10-11H2,1-2H3,(H,18,22)/t13-/m0/s1. The number of ether oxygens (including phenoxy) is 1. The molecule has 3 rings (SSSR count). The molecule has 1 aliphatic rings. The van der Waals surface area contributed by atoms with Crippen LogP contribution < -0.4 is 10.1 Å². The van der Waals surface area contributed by atoms with Crippen LogP contribution in [0.4, 0.5) is 4.79 Å². The van der Waals surface area contributed by atoms with Gasteiger partial charge >= 0.3 is 6.03 Å².